The first kappa shape index (κ1) is 12.2. The molecule has 6 heteroatoms. The van der Waals surface area contributed by atoms with Crippen molar-refractivity contribution in [3.8, 4) is 5.69 Å². The van der Waals surface area contributed by atoms with Gasteiger partial charge in [0.15, 0.2) is 5.69 Å². The van der Waals surface area contributed by atoms with Crippen LogP contribution in [0.2, 0.25) is 5.02 Å². The molecule has 0 unspecified atom stereocenters. The van der Waals surface area contributed by atoms with E-state index in [1.54, 1.807) is 6.07 Å². The number of aromatic nitrogens is 2. The minimum Gasteiger partial charge on any atom is -0.476 e. The number of carboxylic acid groups (broad SMARTS) is 1. The Hall–Kier alpha value is -1.88. The molecule has 2 aromatic rings. The van der Waals surface area contributed by atoms with Crippen LogP contribution in [0.4, 0.5) is 4.39 Å². The van der Waals surface area contributed by atoms with Crippen LogP contribution in [-0.4, -0.2) is 20.9 Å². The van der Waals surface area contributed by atoms with Crippen LogP contribution in [0.3, 0.4) is 0 Å². The van der Waals surface area contributed by atoms with Crippen LogP contribution >= 0.6 is 11.6 Å². The summed E-state index contributed by atoms with van der Waals surface area (Å²) in [5, 5.41) is 13.5. The molecule has 98 valence electrons. The minimum atomic E-state index is -1.08. The van der Waals surface area contributed by atoms with Gasteiger partial charge < -0.3 is 5.11 Å². The Bertz CT molecular complexity index is 682. The van der Waals surface area contributed by atoms with Gasteiger partial charge in [-0.3, -0.25) is 0 Å². The number of halogens is 2. The van der Waals surface area contributed by atoms with Crippen LogP contribution in [0.15, 0.2) is 18.2 Å². The second-order valence-corrected chi connectivity index (χ2v) is 4.88. The summed E-state index contributed by atoms with van der Waals surface area (Å²) >= 11 is 5.71. The number of carboxylic acids is 1. The number of rotatable bonds is 2. The molecule has 3 rings (SSSR count). The highest BCUT2D eigenvalue weighted by Crippen LogP contribution is 2.29. The van der Waals surface area contributed by atoms with Gasteiger partial charge in [-0.15, -0.1) is 0 Å². The Morgan fingerprint density at radius 1 is 1.42 bits per heavy atom. The highest BCUT2D eigenvalue weighted by Gasteiger charge is 2.27. The number of hydrogen-bond acceptors (Lipinski definition) is 2. The summed E-state index contributed by atoms with van der Waals surface area (Å²) in [7, 11) is 0. The molecule has 0 atom stereocenters. The normalized spacial score (nSPS) is 13.6. The van der Waals surface area contributed by atoms with E-state index >= 15 is 0 Å². The number of benzene rings is 1. The summed E-state index contributed by atoms with van der Waals surface area (Å²) in [6.45, 7) is 0. The smallest absolute Gasteiger partial charge is 0.356 e. The van der Waals surface area contributed by atoms with Crippen molar-refractivity contribution < 1.29 is 14.3 Å². The molecule has 1 aromatic heterocycles. The highest BCUT2D eigenvalue weighted by atomic mass is 35.5. The maximum atomic E-state index is 13.9. The summed E-state index contributed by atoms with van der Waals surface area (Å²) in [5.41, 5.74) is 1.73. The lowest BCUT2D eigenvalue weighted by atomic mass is 10.2. The van der Waals surface area contributed by atoms with E-state index in [2.05, 4.69) is 5.10 Å². The third kappa shape index (κ3) is 1.90. The zero-order valence-corrected chi connectivity index (χ0v) is 10.6. The number of aromatic carboxylic acids is 1. The molecule has 1 aliphatic rings. The largest absolute Gasteiger partial charge is 0.476 e. The maximum Gasteiger partial charge on any atom is 0.356 e. The fourth-order valence-corrected chi connectivity index (χ4v) is 2.62. The van der Waals surface area contributed by atoms with E-state index in [-0.39, 0.29) is 11.4 Å². The first-order valence-electron chi connectivity index (χ1n) is 5.87. The Labute approximate surface area is 113 Å². The van der Waals surface area contributed by atoms with Crippen LogP contribution in [0.25, 0.3) is 5.69 Å². The number of hydrogen-bond donors (Lipinski definition) is 1. The van der Waals surface area contributed by atoms with Gasteiger partial charge >= 0.3 is 5.97 Å². The second kappa shape index (κ2) is 4.35. The van der Waals surface area contributed by atoms with Crippen molar-refractivity contribution in [2.45, 2.75) is 19.3 Å². The second-order valence-electron chi connectivity index (χ2n) is 4.44. The fourth-order valence-electron chi connectivity index (χ4n) is 2.46. The van der Waals surface area contributed by atoms with Crippen LogP contribution < -0.4 is 0 Å². The van der Waals surface area contributed by atoms with Gasteiger partial charge in [0.2, 0.25) is 0 Å². The standard InChI is InChI=1S/C13H10ClFN2O2/c14-7-4-5-11(9(15)6-7)17-10-3-1-2-8(10)12(16-17)13(18)19/h4-6H,1-3H2,(H,18,19). The van der Waals surface area contributed by atoms with Crippen LogP contribution in [0, 0.1) is 5.82 Å². The molecule has 1 N–H and O–H groups in total. The van der Waals surface area contributed by atoms with Crippen molar-refractivity contribution in [2.24, 2.45) is 0 Å². The predicted octanol–water partition coefficient (Wildman–Crippen LogP) is 2.85. The Kier molecular flexibility index (Phi) is 2.78. The van der Waals surface area contributed by atoms with E-state index in [1.165, 1.54) is 16.8 Å². The van der Waals surface area contributed by atoms with Crippen molar-refractivity contribution >= 4 is 17.6 Å². The van der Waals surface area contributed by atoms with E-state index in [0.717, 1.165) is 12.1 Å². The lowest BCUT2D eigenvalue weighted by Crippen LogP contribution is -2.06. The fraction of sp³-hybridized carbons (Fsp3) is 0.231. The van der Waals surface area contributed by atoms with Crippen molar-refractivity contribution in [3.63, 3.8) is 0 Å². The zero-order chi connectivity index (χ0) is 13.6. The molecule has 0 radical (unpaired) electrons. The molecule has 0 saturated carbocycles. The molecule has 1 heterocycles. The lowest BCUT2D eigenvalue weighted by molar-refractivity contribution is 0.0689. The molecule has 4 nitrogen and oxygen atoms in total. The first-order valence-corrected chi connectivity index (χ1v) is 6.25. The van der Waals surface area contributed by atoms with Crippen molar-refractivity contribution in [1.82, 2.24) is 9.78 Å². The average molecular weight is 281 g/mol. The van der Waals surface area contributed by atoms with Crippen molar-refractivity contribution in [3.05, 3.63) is 46.0 Å². The quantitative estimate of drug-likeness (QED) is 0.920. The molecule has 0 fully saturated rings. The Morgan fingerprint density at radius 3 is 2.89 bits per heavy atom. The summed E-state index contributed by atoms with van der Waals surface area (Å²) < 4.78 is 15.3. The molecule has 0 bridgehead atoms. The van der Waals surface area contributed by atoms with Gasteiger partial charge in [-0.2, -0.15) is 5.10 Å². The van der Waals surface area contributed by atoms with Gasteiger partial charge in [0, 0.05) is 16.3 Å². The topological polar surface area (TPSA) is 55.1 Å². The van der Waals surface area contributed by atoms with E-state index in [1.807, 2.05) is 0 Å². The van der Waals surface area contributed by atoms with E-state index in [9.17, 15) is 9.18 Å². The van der Waals surface area contributed by atoms with Crippen LogP contribution in [-0.2, 0) is 12.8 Å². The summed E-state index contributed by atoms with van der Waals surface area (Å²) in [6, 6.07) is 4.26. The van der Waals surface area contributed by atoms with Crippen molar-refractivity contribution in [1.29, 1.82) is 0 Å². The van der Waals surface area contributed by atoms with Crippen molar-refractivity contribution in [2.75, 3.05) is 0 Å². The molecule has 0 amide bonds. The Balaban J connectivity index is 2.21. The summed E-state index contributed by atoms with van der Waals surface area (Å²) in [6.07, 6.45) is 2.24. The van der Waals surface area contributed by atoms with E-state index in [0.29, 0.717) is 23.4 Å². The molecule has 0 saturated heterocycles. The molecule has 1 aliphatic carbocycles. The highest BCUT2D eigenvalue weighted by molar-refractivity contribution is 6.30. The molecule has 0 aliphatic heterocycles. The summed E-state index contributed by atoms with van der Waals surface area (Å²) in [5.74, 6) is -1.59. The van der Waals surface area contributed by atoms with Gasteiger partial charge in [0.25, 0.3) is 0 Å². The monoisotopic (exact) mass is 280 g/mol. The Morgan fingerprint density at radius 2 is 2.21 bits per heavy atom. The molecule has 0 spiro atoms. The molecule has 19 heavy (non-hydrogen) atoms. The number of carbonyl (C=O) groups is 1. The predicted molar refractivity (Wildman–Crippen MR) is 67.5 cm³/mol. The van der Waals surface area contributed by atoms with Gasteiger partial charge in [0.1, 0.15) is 11.5 Å². The third-order valence-corrected chi connectivity index (χ3v) is 3.51. The van der Waals surface area contributed by atoms with E-state index < -0.39 is 11.8 Å². The summed E-state index contributed by atoms with van der Waals surface area (Å²) in [4.78, 5) is 11.2. The zero-order valence-electron chi connectivity index (χ0n) is 9.86. The van der Waals surface area contributed by atoms with Gasteiger partial charge in [-0.1, -0.05) is 11.6 Å². The number of fused-ring (bicyclic) bond motifs is 1. The first-order chi connectivity index (χ1) is 9.08. The molecular weight excluding hydrogens is 271 g/mol. The van der Waals surface area contributed by atoms with Gasteiger partial charge in [-0.05, 0) is 37.5 Å². The van der Waals surface area contributed by atoms with Crippen LogP contribution in [0.5, 0.6) is 0 Å². The van der Waals surface area contributed by atoms with Gasteiger partial charge in [0.05, 0.1) is 0 Å². The number of nitrogens with zero attached hydrogens (tertiary/aromatic N) is 2. The average Bonchev–Trinajstić information content (AvgIpc) is 2.90. The van der Waals surface area contributed by atoms with E-state index in [4.69, 9.17) is 16.7 Å². The minimum absolute atomic E-state index is 0.0156. The van der Waals surface area contributed by atoms with Gasteiger partial charge in [-0.25, -0.2) is 13.9 Å². The SMILES string of the molecule is O=C(O)c1nn(-c2ccc(Cl)cc2F)c2c1CCC2. The third-order valence-electron chi connectivity index (χ3n) is 3.27. The van der Waals surface area contributed by atoms with Crippen LogP contribution in [0.1, 0.15) is 28.2 Å². The maximum absolute atomic E-state index is 13.9. The lowest BCUT2D eigenvalue weighted by Gasteiger charge is -2.06. The molecular formula is C13H10ClFN2O2. The molecule has 1 aromatic carbocycles.